The molecule has 1 aromatic carbocycles. The summed E-state index contributed by atoms with van der Waals surface area (Å²) in [6, 6.07) is 8.06. The highest BCUT2D eigenvalue weighted by Gasteiger charge is 2.40. The van der Waals surface area contributed by atoms with E-state index in [1.54, 1.807) is 25.1 Å². The molecular formula is C12H10ClF2N3O2. The van der Waals surface area contributed by atoms with Crippen LogP contribution in [-0.4, -0.2) is 27.6 Å². The zero-order valence-electron chi connectivity index (χ0n) is 10.4. The molecule has 106 valence electrons. The lowest BCUT2D eigenvalue weighted by atomic mass is 10.3. The fraction of sp³-hybridized carbons (Fsp3) is 0.250. The maximum absolute atomic E-state index is 13.6. The van der Waals surface area contributed by atoms with Crippen LogP contribution in [0, 0.1) is 0 Å². The molecule has 0 saturated carbocycles. The van der Waals surface area contributed by atoms with Crippen LogP contribution in [0.25, 0.3) is 5.69 Å². The van der Waals surface area contributed by atoms with E-state index in [2.05, 4.69) is 15.0 Å². The molecule has 0 spiro atoms. The van der Waals surface area contributed by atoms with Gasteiger partial charge in [-0.05, 0) is 30.7 Å². The second kappa shape index (κ2) is 5.54. The smallest absolute Gasteiger partial charge is 0.367 e. The van der Waals surface area contributed by atoms with Crippen LogP contribution in [0.15, 0.2) is 30.3 Å². The van der Waals surface area contributed by atoms with Crippen molar-refractivity contribution < 1.29 is 18.3 Å². The van der Waals surface area contributed by atoms with Crippen LogP contribution in [0.3, 0.4) is 0 Å². The molecule has 1 heterocycles. The third-order valence-electron chi connectivity index (χ3n) is 2.41. The Balaban J connectivity index is 2.57. The first-order valence-corrected chi connectivity index (χ1v) is 6.08. The lowest BCUT2D eigenvalue weighted by Gasteiger charge is -2.11. The Morgan fingerprint density at radius 3 is 2.60 bits per heavy atom. The van der Waals surface area contributed by atoms with Crippen LogP contribution in [0.5, 0.6) is 0 Å². The van der Waals surface area contributed by atoms with E-state index in [1.807, 2.05) is 0 Å². The number of hydrogen-bond donors (Lipinski definition) is 0. The zero-order chi connectivity index (χ0) is 14.8. The van der Waals surface area contributed by atoms with Gasteiger partial charge in [0.1, 0.15) is 0 Å². The van der Waals surface area contributed by atoms with Crippen molar-refractivity contribution in [3.8, 4) is 5.69 Å². The van der Waals surface area contributed by atoms with E-state index in [-0.39, 0.29) is 6.61 Å². The molecule has 0 aliphatic carbocycles. The Bertz CT molecular complexity index is 611. The molecule has 2 aromatic rings. The second-order valence-corrected chi connectivity index (χ2v) is 4.23. The van der Waals surface area contributed by atoms with E-state index in [0.717, 1.165) is 4.68 Å². The minimum Gasteiger partial charge on any atom is -0.461 e. The molecule has 0 radical (unpaired) electrons. The quantitative estimate of drug-likeness (QED) is 0.643. The van der Waals surface area contributed by atoms with Crippen molar-refractivity contribution in [1.82, 2.24) is 15.0 Å². The molecule has 0 unspecified atom stereocenters. The minimum absolute atomic E-state index is 0.0321. The van der Waals surface area contributed by atoms with Crippen molar-refractivity contribution >= 4 is 17.6 Å². The summed E-state index contributed by atoms with van der Waals surface area (Å²) in [6.07, 6.45) is 0. The van der Waals surface area contributed by atoms with Gasteiger partial charge in [-0.1, -0.05) is 23.4 Å². The maximum Gasteiger partial charge on any atom is 0.367 e. The van der Waals surface area contributed by atoms with Crippen LogP contribution < -0.4 is 0 Å². The third-order valence-corrected chi connectivity index (χ3v) is 2.59. The van der Waals surface area contributed by atoms with Gasteiger partial charge in [0.2, 0.25) is 5.69 Å². The highest BCUT2D eigenvalue weighted by molar-refractivity contribution is 6.22. The highest BCUT2D eigenvalue weighted by atomic mass is 35.5. The number of ether oxygens (including phenoxy) is 1. The fourth-order valence-electron chi connectivity index (χ4n) is 1.62. The number of hydrogen-bond acceptors (Lipinski definition) is 4. The summed E-state index contributed by atoms with van der Waals surface area (Å²) in [4.78, 5) is 11.6. The van der Waals surface area contributed by atoms with E-state index in [4.69, 9.17) is 11.6 Å². The largest absolute Gasteiger partial charge is 0.461 e. The summed E-state index contributed by atoms with van der Waals surface area (Å²) in [6.45, 7) is 1.59. The van der Waals surface area contributed by atoms with Gasteiger partial charge in [-0.2, -0.15) is 8.78 Å². The molecule has 8 heteroatoms. The van der Waals surface area contributed by atoms with Gasteiger partial charge in [0.05, 0.1) is 12.3 Å². The van der Waals surface area contributed by atoms with Crippen LogP contribution in [0.2, 0.25) is 0 Å². The predicted octanol–water partition coefficient (Wildman–Crippen LogP) is 2.73. The Morgan fingerprint density at radius 1 is 1.40 bits per heavy atom. The Labute approximate surface area is 118 Å². The number of benzene rings is 1. The van der Waals surface area contributed by atoms with Gasteiger partial charge in [-0.3, -0.25) is 0 Å². The summed E-state index contributed by atoms with van der Waals surface area (Å²) in [5.74, 6) is -0.995. The van der Waals surface area contributed by atoms with Crippen molar-refractivity contribution in [2.45, 2.75) is 12.3 Å². The summed E-state index contributed by atoms with van der Waals surface area (Å²) >= 11 is 5.06. The SMILES string of the molecule is CCOC(=O)c1nnn(-c2ccccc2)c1C(F)(F)Cl. The number of aromatic nitrogens is 3. The van der Waals surface area contributed by atoms with Crippen molar-refractivity contribution in [2.75, 3.05) is 6.61 Å². The number of rotatable bonds is 4. The molecule has 0 saturated heterocycles. The number of para-hydroxylation sites is 1. The van der Waals surface area contributed by atoms with Gasteiger partial charge in [-0.25, -0.2) is 9.48 Å². The summed E-state index contributed by atoms with van der Waals surface area (Å²) in [5, 5.41) is 3.20. The van der Waals surface area contributed by atoms with Crippen LogP contribution in [0.1, 0.15) is 23.1 Å². The fourth-order valence-corrected chi connectivity index (χ4v) is 1.79. The number of carbonyl (C=O) groups is 1. The minimum atomic E-state index is -3.80. The molecule has 0 aliphatic heterocycles. The van der Waals surface area contributed by atoms with E-state index in [1.165, 1.54) is 12.1 Å². The second-order valence-electron chi connectivity index (χ2n) is 3.75. The van der Waals surface area contributed by atoms with E-state index >= 15 is 0 Å². The monoisotopic (exact) mass is 301 g/mol. The molecule has 0 aliphatic rings. The zero-order valence-corrected chi connectivity index (χ0v) is 11.1. The first kappa shape index (κ1) is 14.4. The molecular weight excluding hydrogens is 292 g/mol. The average molecular weight is 302 g/mol. The van der Waals surface area contributed by atoms with Gasteiger partial charge in [0.15, 0.2) is 5.69 Å². The topological polar surface area (TPSA) is 57.0 Å². The molecule has 0 fully saturated rings. The number of nitrogens with zero attached hydrogens (tertiary/aromatic N) is 3. The van der Waals surface area contributed by atoms with Gasteiger partial charge in [-0.15, -0.1) is 5.10 Å². The number of esters is 1. The average Bonchev–Trinajstić information content (AvgIpc) is 2.84. The molecule has 0 amide bonds. The van der Waals surface area contributed by atoms with Crippen LogP contribution >= 0.6 is 11.6 Å². The maximum atomic E-state index is 13.6. The number of carbonyl (C=O) groups excluding carboxylic acids is 1. The van der Waals surface area contributed by atoms with Gasteiger partial charge < -0.3 is 4.74 Å². The predicted molar refractivity (Wildman–Crippen MR) is 67.1 cm³/mol. The van der Waals surface area contributed by atoms with E-state index < -0.39 is 22.7 Å². The van der Waals surface area contributed by atoms with Crippen LogP contribution in [0.4, 0.5) is 8.78 Å². The van der Waals surface area contributed by atoms with Crippen molar-refractivity contribution in [3.63, 3.8) is 0 Å². The molecule has 1 aromatic heterocycles. The van der Waals surface area contributed by atoms with Crippen molar-refractivity contribution in [3.05, 3.63) is 41.7 Å². The summed E-state index contributed by atoms with van der Waals surface area (Å²) < 4.78 is 32.6. The summed E-state index contributed by atoms with van der Waals surface area (Å²) in [5.41, 5.74) is -1.11. The molecule has 0 N–H and O–H groups in total. The summed E-state index contributed by atoms with van der Waals surface area (Å²) in [7, 11) is 0. The first-order valence-electron chi connectivity index (χ1n) is 5.70. The number of halogens is 3. The van der Waals surface area contributed by atoms with Crippen molar-refractivity contribution in [1.29, 1.82) is 0 Å². The van der Waals surface area contributed by atoms with E-state index in [0.29, 0.717) is 5.69 Å². The molecule has 5 nitrogen and oxygen atoms in total. The molecule has 0 atom stereocenters. The Morgan fingerprint density at radius 2 is 2.05 bits per heavy atom. The van der Waals surface area contributed by atoms with Crippen LogP contribution in [-0.2, 0) is 10.1 Å². The van der Waals surface area contributed by atoms with Gasteiger partial charge in [0, 0.05) is 0 Å². The van der Waals surface area contributed by atoms with E-state index in [9.17, 15) is 13.6 Å². The number of alkyl halides is 3. The molecule has 20 heavy (non-hydrogen) atoms. The normalized spacial score (nSPS) is 11.4. The van der Waals surface area contributed by atoms with Crippen molar-refractivity contribution in [2.24, 2.45) is 0 Å². The highest BCUT2D eigenvalue weighted by Crippen LogP contribution is 2.35. The van der Waals surface area contributed by atoms with Gasteiger partial charge in [0.25, 0.3) is 0 Å². The molecule has 2 rings (SSSR count). The lowest BCUT2D eigenvalue weighted by molar-refractivity contribution is 0.0488. The Kier molecular flexibility index (Phi) is 3.99. The molecule has 0 bridgehead atoms. The lowest BCUT2D eigenvalue weighted by Crippen LogP contribution is -2.18. The first-order chi connectivity index (χ1) is 9.45. The third kappa shape index (κ3) is 2.77. The Hall–Kier alpha value is -2.02. The standard InChI is InChI=1S/C12H10ClF2N3O2/c1-2-20-11(19)9-10(12(13,14)15)18(17-16-9)8-6-4-3-5-7-8/h3-7H,2H2,1H3. The van der Waals surface area contributed by atoms with Gasteiger partial charge >= 0.3 is 11.4 Å².